The van der Waals surface area contributed by atoms with Crippen molar-refractivity contribution in [3.05, 3.63) is 59.7 Å². The molecule has 136 valence electrons. The molecule has 7 nitrogen and oxygen atoms in total. The Labute approximate surface area is 150 Å². The van der Waals surface area contributed by atoms with Gasteiger partial charge in [-0.05, 0) is 42.5 Å². The van der Waals surface area contributed by atoms with Crippen molar-refractivity contribution in [2.75, 3.05) is 5.32 Å². The lowest BCUT2D eigenvalue weighted by Crippen LogP contribution is -2.17. The van der Waals surface area contributed by atoms with E-state index in [4.69, 9.17) is 9.68 Å². The van der Waals surface area contributed by atoms with Crippen LogP contribution in [0.15, 0.2) is 52.9 Å². The number of ether oxygens (including phenoxy) is 1. The van der Waals surface area contributed by atoms with Crippen LogP contribution in [0.1, 0.15) is 15.9 Å². The molecule has 0 fully saturated rings. The van der Waals surface area contributed by atoms with Crippen LogP contribution < -0.4 is 10.1 Å². The van der Waals surface area contributed by atoms with Gasteiger partial charge in [-0.15, -0.1) is 18.3 Å². The zero-order chi connectivity index (χ0) is 19.4. The molecule has 2 aromatic carbocycles. The van der Waals surface area contributed by atoms with Crippen LogP contribution in [0, 0.1) is 11.3 Å². The van der Waals surface area contributed by atoms with Gasteiger partial charge in [0, 0.05) is 11.1 Å². The minimum Gasteiger partial charge on any atom is -0.406 e. The van der Waals surface area contributed by atoms with Crippen molar-refractivity contribution < 1.29 is 27.1 Å². The van der Waals surface area contributed by atoms with E-state index in [1.54, 1.807) is 24.3 Å². The second-order valence-electron chi connectivity index (χ2n) is 5.13. The molecule has 0 saturated heterocycles. The molecule has 0 aliphatic rings. The van der Waals surface area contributed by atoms with Gasteiger partial charge in [0.25, 0.3) is 5.91 Å². The summed E-state index contributed by atoms with van der Waals surface area (Å²) in [5.74, 6) is -1.01. The maximum Gasteiger partial charge on any atom is 0.573 e. The van der Waals surface area contributed by atoms with Crippen molar-refractivity contribution in [2.45, 2.75) is 6.36 Å². The molecular formula is C17H9F3N4O3. The maximum absolute atomic E-state index is 12.1. The minimum absolute atomic E-state index is 0.0655. The van der Waals surface area contributed by atoms with E-state index in [0.717, 1.165) is 24.3 Å². The van der Waals surface area contributed by atoms with Crippen LogP contribution in [0.5, 0.6) is 5.75 Å². The van der Waals surface area contributed by atoms with Gasteiger partial charge in [-0.1, -0.05) is 11.2 Å². The average molecular weight is 374 g/mol. The summed E-state index contributed by atoms with van der Waals surface area (Å²) >= 11 is 0. The van der Waals surface area contributed by atoms with E-state index >= 15 is 0 Å². The summed E-state index contributed by atoms with van der Waals surface area (Å²) in [5.41, 5.74) is 0.962. The van der Waals surface area contributed by atoms with Crippen molar-refractivity contribution in [1.29, 1.82) is 5.26 Å². The van der Waals surface area contributed by atoms with Gasteiger partial charge in [0.15, 0.2) is 0 Å². The number of carbonyl (C=O) groups excluding carboxylic acids is 1. The Morgan fingerprint density at radius 3 is 2.56 bits per heavy atom. The molecule has 0 unspecified atom stereocenters. The molecular weight excluding hydrogens is 365 g/mol. The van der Waals surface area contributed by atoms with E-state index in [1.165, 1.54) is 0 Å². The summed E-state index contributed by atoms with van der Waals surface area (Å²) in [4.78, 5) is 12.1. The van der Waals surface area contributed by atoms with Gasteiger partial charge in [0.1, 0.15) is 5.75 Å². The number of carbonyl (C=O) groups is 1. The largest absolute Gasteiger partial charge is 0.573 e. The van der Waals surface area contributed by atoms with Gasteiger partial charge in [0.2, 0.25) is 5.89 Å². The zero-order valence-corrected chi connectivity index (χ0v) is 13.3. The number of nitrogens with zero attached hydrogens (tertiary/aromatic N) is 3. The summed E-state index contributed by atoms with van der Waals surface area (Å²) in [5, 5.41) is 18.7. The SMILES string of the molecule is N#Cc1cccc(-c2nnc(NC(=O)c3ccc(OC(F)(F)F)cc3)o2)c1. The number of nitriles is 1. The highest BCUT2D eigenvalue weighted by atomic mass is 19.4. The second kappa shape index (κ2) is 7.17. The second-order valence-corrected chi connectivity index (χ2v) is 5.13. The standard InChI is InChI=1S/C17H9F3N4O3/c18-17(19,20)27-13-6-4-11(5-7-13)14(25)22-16-24-23-15(26-16)12-3-1-2-10(8-12)9-21/h1-8H,(H,22,24,25). The number of aromatic nitrogens is 2. The molecule has 1 N–H and O–H groups in total. The Morgan fingerprint density at radius 2 is 1.89 bits per heavy atom. The summed E-state index contributed by atoms with van der Waals surface area (Å²) in [6, 6.07) is 12.5. The molecule has 1 heterocycles. The van der Waals surface area contributed by atoms with Crippen LogP contribution in [0.4, 0.5) is 19.2 Å². The lowest BCUT2D eigenvalue weighted by Gasteiger charge is -2.08. The number of nitrogens with one attached hydrogen (secondary N) is 1. The van der Waals surface area contributed by atoms with Gasteiger partial charge in [-0.25, -0.2) is 0 Å². The van der Waals surface area contributed by atoms with E-state index in [1.807, 2.05) is 6.07 Å². The molecule has 10 heteroatoms. The maximum atomic E-state index is 12.1. The molecule has 3 aromatic rings. The number of hydrogen-bond donors (Lipinski definition) is 1. The Bertz CT molecular complexity index is 1010. The van der Waals surface area contributed by atoms with E-state index in [-0.39, 0.29) is 17.5 Å². The highest BCUT2D eigenvalue weighted by Crippen LogP contribution is 2.24. The monoisotopic (exact) mass is 374 g/mol. The number of benzene rings is 2. The molecule has 3 rings (SSSR count). The highest BCUT2D eigenvalue weighted by Gasteiger charge is 2.31. The predicted molar refractivity (Wildman–Crippen MR) is 85.5 cm³/mol. The van der Waals surface area contributed by atoms with Crippen molar-refractivity contribution in [3.8, 4) is 23.3 Å². The van der Waals surface area contributed by atoms with Crippen molar-refractivity contribution >= 4 is 11.9 Å². The van der Waals surface area contributed by atoms with E-state index < -0.39 is 18.0 Å². The molecule has 0 aliphatic heterocycles. The summed E-state index contributed by atoms with van der Waals surface area (Å²) in [7, 11) is 0. The molecule has 0 spiro atoms. The number of alkyl halides is 3. The third-order valence-electron chi connectivity index (χ3n) is 3.23. The quantitative estimate of drug-likeness (QED) is 0.746. The third kappa shape index (κ3) is 4.60. The molecule has 27 heavy (non-hydrogen) atoms. The first-order valence-corrected chi connectivity index (χ1v) is 7.35. The Morgan fingerprint density at radius 1 is 1.15 bits per heavy atom. The van der Waals surface area contributed by atoms with Crippen molar-refractivity contribution in [1.82, 2.24) is 10.2 Å². The van der Waals surface area contributed by atoms with Gasteiger partial charge in [0.05, 0.1) is 11.6 Å². The van der Waals surface area contributed by atoms with E-state index in [2.05, 4.69) is 20.3 Å². The van der Waals surface area contributed by atoms with Gasteiger partial charge < -0.3 is 9.15 Å². The molecule has 0 bridgehead atoms. The fourth-order valence-corrected chi connectivity index (χ4v) is 2.09. The normalized spacial score (nSPS) is 10.9. The fraction of sp³-hybridized carbons (Fsp3) is 0.0588. The van der Waals surface area contributed by atoms with Crippen LogP contribution >= 0.6 is 0 Å². The number of amides is 1. The highest BCUT2D eigenvalue weighted by molar-refractivity contribution is 6.03. The lowest BCUT2D eigenvalue weighted by molar-refractivity contribution is -0.274. The topological polar surface area (TPSA) is 101 Å². The first-order valence-electron chi connectivity index (χ1n) is 7.35. The summed E-state index contributed by atoms with van der Waals surface area (Å²) < 4.78 is 45.4. The van der Waals surface area contributed by atoms with Gasteiger partial charge in [-0.2, -0.15) is 5.26 Å². The fourth-order valence-electron chi connectivity index (χ4n) is 2.09. The van der Waals surface area contributed by atoms with Gasteiger partial charge >= 0.3 is 12.4 Å². The molecule has 1 amide bonds. The minimum atomic E-state index is -4.81. The van der Waals surface area contributed by atoms with E-state index in [9.17, 15) is 18.0 Å². The predicted octanol–water partition coefficient (Wildman–Crippen LogP) is 3.76. The van der Waals surface area contributed by atoms with Crippen LogP contribution in [0.3, 0.4) is 0 Å². The summed E-state index contributed by atoms with van der Waals surface area (Å²) in [6.45, 7) is 0. The van der Waals surface area contributed by atoms with Crippen LogP contribution in [0.2, 0.25) is 0 Å². The van der Waals surface area contributed by atoms with E-state index in [0.29, 0.717) is 11.1 Å². The Hall–Kier alpha value is -3.87. The zero-order valence-electron chi connectivity index (χ0n) is 13.3. The Balaban J connectivity index is 1.70. The van der Waals surface area contributed by atoms with Gasteiger partial charge in [-0.3, -0.25) is 10.1 Å². The molecule has 0 radical (unpaired) electrons. The molecule has 1 aromatic heterocycles. The number of rotatable bonds is 4. The smallest absolute Gasteiger partial charge is 0.406 e. The Kier molecular flexibility index (Phi) is 4.76. The van der Waals surface area contributed by atoms with Crippen molar-refractivity contribution in [2.24, 2.45) is 0 Å². The van der Waals surface area contributed by atoms with Crippen LogP contribution in [0.25, 0.3) is 11.5 Å². The lowest BCUT2D eigenvalue weighted by atomic mass is 10.1. The summed E-state index contributed by atoms with van der Waals surface area (Å²) in [6.07, 6.45) is -4.81. The molecule has 0 atom stereocenters. The number of halogens is 3. The van der Waals surface area contributed by atoms with Crippen LogP contribution in [-0.4, -0.2) is 22.5 Å². The molecule has 0 saturated carbocycles. The third-order valence-corrected chi connectivity index (χ3v) is 3.23. The van der Waals surface area contributed by atoms with Crippen LogP contribution in [-0.2, 0) is 0 Å². The van der Waals surface area contributed by atoms with Crippen molar-refractivity contribution in [3.63, 3.8) is 0 Å². The first kappa shape index (κ1) is 17.9. The number of hydrogen-bond acceptors (Lipinski definition) is 6. The average Bonchev–Trinajstić information content (AvgIpc) is 3.09. The first-order chi connectivity index (χ1) is 12.8. The number of anilines is 1. The molecule has 0 aliphatic carbocycles.